The van der Waals surface area contributed by atoms with Gasteiger partial charge >= 0.3 is 12.0 Å². The van der Waals surface area contributed by atoms with Crippen LogP contribution in [0.15, 0.2) is 0 Å². The second kappa shape index (κ2) is 10.3. The van der Waals surface area contributed by atoms with Crippen LogP contribution in [0.25, 0.3) is 0 Å². The van der Waals surface area contributed by atoms with E-state index < -0.39 is 17.9 Å². The van der Waals surface area contributed by atoms with Crippen LogP contribution in [0.5, 0.6) is 0 Å². The molecule has 0 aromatic rings. The molecular weight excluding hydrogens is 364 g/mol. The Morgan fingerprint density at radius 2 is 1.57 bits per heavy atom. The van der Waals surface area contributed by atoms with Crippen LogP contribution >= 0.6 is 0 Å². The standard InChI is InChI=1S/C19H32N4O5/c1-13(2)11-15(18(26)27)21-16(24)12-20-17(25)14-5-9-23(10-6-14)19(28)22-7-3-4-8-22/h13-15H,3-12H2,1-2H3,(H,20,25)(H,21,24)(H,26,27)/t15-/m0/s1. The van der Waals surface area contributed by atoms with Crippen LogP contribution in [0, 0.1) is 11.8 Å². The number of carbonyl (C=O) groups excluding carboxylic acids is 3. The van der Waals surface area contributed by atoms with Crippen molar-refractivity contribution in [3.8, 4) is 0 Å². The lowest BCUT2D eigenvalue weighted by atomic mass is 9.96. The van der Waals surface area contributed by atoms with Crippen LogP contribution in [-0.2, 0) is 14.4 Å². The maximum Gasteiger partial charge on any atom is 0.326 e. The molecule has 9 heteroatoms. The summed E-state index contributed by atoms with van der Waals surface area (Å²) in [6.45, 7) is 6.21. The number of rotatable bonds is 7. The van der Waals surface area contributed by atoms with Gasteiger partial charge in [0.15, 0.2) is 0 Å². The van der Waals surface area contributed by atoms with Crippen molar-refractivity contribution in [1.29, 1.82) is 0 Å². The van der Waals surface area contributed by atoms with Gasteiger partial charge in [-0.2, -0.15) is 0 Å². The Kier molecular flexibility index (Phi) is 8.07. The molecule has 2 heterocycles. The minimum atomic E-state index is -1.08. The zero-order chi connectivity index (χ0) is 20.7. The van der Waals surface area contributed by atoms with Crippen molar-refractivity contribution in [2.75, 3.05) is 32.7 Å². The number of carboxylic acid groups (broad SMARTS) is 1. The number of nitrogens with one attached hydrogen (secondary N) is 2. The molecule has 0 spiro atoms. The fourth-order valence-electron chi connectivity index (χ4n) is 3.69. The second-order valence-electron chi connectivity index (χ2n) is 8.04. The molecule has 0 aromatic carbocycles. The molecule has 0 unspecified atom stereocenters. The van der Waals surface area contributed by atoms with Gasteiger partial charge in [-0.25, -0.2) is 9.59 Å². The SMILES string of the molecule is CC(C)C[C@H](NC(=O)CNC(=O)C1CCN(C(=O)N2CCCC2)CC1)C(=O)O. The summed E-state index contributed by atoms with van der Waals surface area (Å²) in [4.78, 5) is 51.5. The van der Waals surface area contributed by atoms with Crippen LogP contribution in [0.4, 0.5) is 4.79 Å². The van der Waals surface area contributed by atoms with Crippen LogP contribution in [0.1, 0.15) is 46.0 Å². The van der Waals surface area contributed by atoms with E-state index >= 15 is 0 Å². The Labute approximate surface area is 165 Å². The predicted molar refractivity (Wildman–Crippen MR) is 103 cm³/mol. The van der Waals surface area contributed by atoms with Crippen molar-refractivity contribution in [1.82, 2.24) is 20.4 Å². The van der Waals surface area contributed by atoms with E-state index in [-0.39, 0.29) is 30.3 Å². The quantitative estimate of drug-likeness (QED) is 0.584. The first-order valence-corrected chi connectivity index (χ1v) is 10.1. The van der Waals surface area contributed by atoms with Crippen molar-refractivity contribution in [3.05, 3.63) is 0 Å². The molecule has 0 radical (unpaired) electrons. The number of aliphatic carboxylic acids is 1. The number of amides is 4. The van der Waals surface area contributed by atoms with E-state index in [1.165, 1.54) is 0 Å². The van der Waals surface area contributed by atoms with E-state index in [9.17, 15) is 19.2 Å². The molecule has 2 fully saturated rings. The van der Waals surface area contributed by atoms with Crippen LogP contribution in [0.2, 0.25) is 0 Å². The fraction of sp³-hybridized carbons (Fsp3) is 0.789. The van der Waals surface area contributed by atoms with Crippen molar-refractivity contribution < 1.29 is 24.3 Å². The average Bonchev–Trinajstić information content (AvgIpc) is 3.19. The van der Waals surface area contributed by atoms with Gasteiger partial charge in [0.05, 0.1) is 6.54 Å². The van der Waals surface area contributed by atoms with Crippen molar-refractivity contribution in [2.45, 2.75) is 52.0 Å². The largest absolute Gasteiger partial charge is 0.480 e. The molecule has 0 aliphatic carbocycles. The van der Waals surface area contributed by atoms with E-state index in [0.29, 0.717) is 32.4 Å². The van der Waals surface area contributed by atoms with E-state index in [1.807, 2.05) is 18.7 Å². The van der Waals surface area contributed by atoms with E-state index in [4.69, 9.17) is 5.11 Å². The summed E-state index contributed by atoms with van der Waals surface area (Å²) < 4.78 is 0. The van der Waals surface area contributed by atoms with Crippen LogP contribution in [0.3, 0.4) is 0 Å². The van der Waals surface area contributed by atoms with Gasteiger partial charge in [0.25, 0.3) is 0 Å². The summed E-state index contributed by atoms with van der Waals surface area (Å²) >= 11 is 0. The molecular formula is C19H32N4O5. The molecule has 1 atom stereocenters. The zero-order valence-electron chi connectivity index (χ0n) is 16.8. The van der Waals surface area contributed by atoms with E-state index in [0.717, 1.165) is 25.9 Å². The maximum atomic E-state index is 12.4. The van der Waals surface area contributed by atoms with Crippen LogP contribution < -0.4 is 10.6 Å². The highest BCUT2D eigenvalue weighted by atomic mass is 16.4. The molecule has 0 saturated carbocycles. The first-order valence-electron chi connectivity index (χ1n) is 10.1. The third-order valence-electron chi connectivity index (χ3n) is 5.28. The molecule has 9 nitrogen and oxygen atoms in total. The normalized spacial score (nSPS) is 18.8. The molecule has 28 heavy (non-hydrogen) atoms. The molecule has 0 bridgehead atoms. The molecule has 2 aliphatic rings. The molecule has 4 amide bonds. The summed E-state index contributed by atoms with van der Waals surface area (Å²) in [6.07, 6.45) is 3.56. The fourth-order valence-corrected chi connectivity index (χ4v) is 3.69. The highest BCUT2D eigenvalue weighted by molar-refractivity contribution is 5.88. The van der Waals surface area contributed by atoms with Gasteiger partial charge in [0.2, 0.25) is 11.8 Å². The maximum absolute atomic E-state index is 12.4. The molecule has 3 N–H and O–H groups in total. The Bertz CT molecular complexity index is 581. The predicted octanol–water partition coefficient (Wildman–Crippen LogP) is 0.646. The molecule has 0 aromatic heterocycles. The summed E-state index contributed by atoms with van der Waals surface area (Å²) in [7, 11) is 0. The smallest absolute Gasteiger partial charge is 0.326 e. The molecule has 2 rings (SSSR count). The van der Waals surface area contributed by atoms with Crippen molar-refractivity contribution >= 4 is 23.8 Å². The van der Waals surface area contributed by atoms with E-state index in [1.54, 1.807) is 4.90 Å². The van der Waals surface area contributed by atoms with Crippen molar-refractivity contribution in [2.24, 2.45) is 11.8 Å². The Morgan fingerprint density at radius 1 is 1.00 bits per heavy atom. The number of hydrogen-bond acceptors (Lipinski definition) is 4. The van der Waals surface area contributed by atoms with Gasteiger partial charge in [0.1, 0.15) is 6.04 Å². The number of urea groups is 1. The molecule has 158 valence electrons. The Hall–Kier alpha value is -2.32. The number of piperidine rings is 1. The van der Waals surface area contributed by atoms with Gasteiger partial charge in [-0.15, -0.1) is 0 Å². The lowest BCUT2D eigenvalue weighted by Gasteiger charge is -2.34. The third-order valence-corrected chi connectivity index (χ3v) is 5.28. The molecule has 2 aliphatic heterocycles. The van der Waals surface area contributed by atoms with Gasteiger partial charge in [-0.1, -0.05) is 13.8 Å². The third kappa shape index (κ3) is 6.38. The summed E-state index contributed by atoms with van der Waals surface area (Å²) in [5.74, 6) is -1.92. The van der Waals surface area contributed by atoms with Crippen LogP contribution in [-0.4, -0.2) is 77.5 Å². The number of hydrogen-bond donors (Lipinski definition) is 3. The minimum Gasteiger partial charge on any atom is -0.480 e. The second-order valence-corrected chi connectivity index (χ2v) is 8.04. The van der Waals surface area contributed by atoms with Gasteiger partial charge in [-0.3, -0.25) is 9.59 Å². The topological polar surface area (TPSA) is 119 Å². The Balaban J connectivity index is 1.71. The van der Waals surface area contributed by atoms with E-state index in [2.05, 4.69) is 10.6 Å². The summed E-state index contributed by atoms with van der Waals surface area (Å²) in [5.41, 5.74) is 0. The number of likely N-dealkylation sites (tertiary alicyclic amines) is 2. The first kappa shape index (κ1) is 22.0. The summed E-state index contributed by atoms with van der Waals surface area (Å²) in [6, 6.07) is -0.898. The van der Waals surface area contributed by atoms with Gasteiger partial charge in [-0.05, 0) is 38.0 Å². The average molecular weight is 396 g/mol. The number of carboxylic acids is 1. The minimum absolute atomic E-state index is 0.0561. The lowest BCUT2D eigenvalue weighted by Crippen LogP contribution is -2.49. The zero-order valence-corrected chi connectivity index (χ0v) is 16.8. The van der Waals surface area contributed by atoms with Gasteiger partial charge in [0, 0.05) is 32.1 Å². The summed E-state index contributed by atoms with van der Waals surface area (Å²) in [5, 5.41) is 14.2. The highest BCUT2D eigenvalue weighted by Crippen LogP contribution is 2.20. The first-order chi connectivity index (χ1) is 13.3. The molecule has 2 saturated heterocycles. The van der Waals surface area contributed by atoms with Crippen molar-refractivity contribution in [3.63, 3.8) is 0 Å². The number of nitrogens with zero attached hydrogens (tertiary/aromatic N) is 2. The van der Waals surface area contributed by atoms with Gasteiger partial charge < -0.3 is 25.5 Å². The highest BCUT2D eigenvalue weighted by Gasteiger charge is 2.30. The number of carbonyl (C=O) groups is 4. The lowest BCUT2D eigenvalue weighted by molar-refractivity contribution is -0.142. The Morgan fingerprint density at radius 3 is 2.11 bits per heavy atom. The monoisotopic (exact) mass is 396 g/mol.